The summed E-state index contributed by atoms with van der Waals surface area (Å²) < 4.78 is 21.1. The van der Waals surface area contributed by atoms with E-state index in [2.05, 4.69) is 19.5 Å². The van der Waals surface area contributed by atoms with Crippen LogP contribution in [0.3, 0.4) is 0 Å². The number of amidine groups is 1. The lowest BCUT2D eigenvalue weighted by Crippen LogP contribution is -2.44. The predicted octanol–water partition coefficient (Wildman–Crippen LogP) is -2.46. The van der Waals surface area contributed by atoms with Crippen LogP contribution in [0.15, 0.2) is 15.0 Å². The highest BCUT2D eigenvalue weighted by Crippen LogP contribution is 2.42. The number of aliphatic hydroxyl groups excluding tert-OH is 1. The summed E-state index contributed by atoms with van der Waals surface area (Å²) in [5.74, 6) is -0.566. The van der Waals surface area contributed by atoms with E-state index in [1.54, 1.807) is 0 Å². The van der Waals surface area contributed by atoms with Gasteiger partial charge in [0, 0.05) is 6.42 Å². The number of rotatable bonds is 4. The number of aliphatic hydroxyl groups is 1. The molecule has 3 aliphatic heterocycles. The lowest BCUT2D eigenvalue weighted by atomic mass is 10.2. The van der Waals surface area contributed by atoms with E-state index in [1.165, 1.54) is 11.2 Å². The Hall–Kier alpha value is -1.69. The van der Waals surface area contributed by atoms with Crippen LogP contribution in [0.2, 0.25) is 0 Å². The number of phosphoric ester groups is 1. The highest BCUT2D eigenvalue weighted by molar-refractivity contribution is 7.46. The minimum Gasteiger partial charge on any atom is -0.394 e. The van der Waals surface area contributed by atoms with Crippen molar-refractivity contribution in [3.8, 4) is 0 Å². The summed E-state index contributed by atoms with van der Waals surface area (Å²) in [6.07, 6.45) is -1.39. The number of aliphatic imine (C=N–C) groups is 3. The van der Waals surface area contributed by atoms with E-state index in [0.717, 1.165) is 0 Å². The third-order valence-electron chi connectivity index (χ3n) is 3.48. The van der Waals surface area contributed by atoms with Gasteiger partial charge in [-0.2, -0.15) is 9.98 Å². The average molecular weight is 347 g/mol. The van der Waals surface area contributed by atoms with Crippen LogP contribution in [-0.2, 0) is 18.6 Å². The first-order chi connectivity index (χ1) is 10.8. The summed E-state index contributed by atoms with van der Waals surface area (Å²) in [5, 5.41) is 9.28. The third-order valence-corrected chi connectivity index (χ3v) is 4.03. The van der Waals surface area contributed by atoms with Crippen LogP contribution in [0.5, 0.6) is 0 Å². The summed E-state index contributed by atoms with van der Waals surface area (Å²) >= 11 is 0. The number of carbonyl (C=O) groups is 1. The van der Waals surface area contributed by atoms with Gasteiger partial charge in [0.15, 0.2) is 11.9 Å². The molecule has 1 unspecified atom stereocenters. The van der Waals surface area contributed by atoms with E-state index in [9.17, 15) is 14.5 Å². The van der Waals surface area contributed by atoms with Gasteiger partial charge in [0.1, 0.15) is 18.4 Å². The Kier molecular flexibility index (Phi) is 4.04. The van der Waals surface area contributed by atoms with Gasteiger partial charge in [-0.25, -0.2) is 4.57 Å². The number of ether oxygens (including phenoxy) is 1. The first-order valence-electron chi connectivity index (χ1n) is 6.57. The zero-order valence-electron chi connectivity index (χ0n) is 11.6. The number of guanidine groups is 1. The van der Waals surface area contributed by atoms with Gasteiger partial charge in [-0.3, -0.25) is 19.2 Å². The Balaban J connectivity index is 1.78. The minimum atomic E-state index is -4.74. The maximum Gasteiger partial charge on any atom is 0.469 e. The lowest BCUT2D eigenvalue weighted by Gasteiger charge is -2.25. The molecular formula is C10H14N5O7P. The summed E-state index contributed by atoms with van der Waals surface area (Å²) in [4.78, 5) is 42.4. The molecule has 3 aliphatic rings. The number of phosphoric acid groups is 1. The molecule has 23 heavy (non-hydrogen) atoms. The molecule has 1 amide bonds. The molecule has 0 aromatic heterocycles. The lowest BCUT2D eigenvalue weighted by molar-refractivity contribution is -0.117. The monoisotopic (exact) mass is 347 g/mol. The van der Waals surface area contributed by atoms with Crippen molar-refractivity contribution < 1.29 is 33.5 Å². The molecule has 0 saturated carbocycles. The smallest absolute Gasteiger partial charge is 0.394 e. The van der Waals surface area contributed by atoms with Crippen LogP contribution in [0.25, 0.3) is 0 Å². The second-order valence-electron chi connectivity index (χ2n) is 5.03. The zero-order chi connectivity index (χ0) is 16.8. The standard InChI is InChI=1S/C10H14N5O7P/c11-10-13-8-7(9(17)14-10)12-3-15(8)6-1-4(5(2-16)21-6)22-23(18,19)20/h3-7,16H,1-2H2,(H2,11,14,17)(H2,18,19,20)/t4-,5+,6+,7?/m0/s1. The van der Waals surface area contributed by atoms with Crippen LogP contribution in [-0.4, -0.2) is 74.9 Å². The number of hydrogen-bond donors (Lipinski definition) is 4. The molecule has 0 radical (unpaired) electrons. The van der Waals surface area contributed by atoms with Gasteiger partial charge in [-0.15, -0.1) is 0 Å². The first-order valence-corrected chi connectivity index (χ1v) is 8.10. The SMILES string of the molecule is NC1=NC(=O)C2N=CN([C@H]3C[C@H](OP(=O)(O)O)[C@@H](CO)O3)C2=N1. The average Bonchev–Trinajstić information content (AvgIpc) is 3.00. The second-order valence-corrected chi connectivity index (χ2v) is 6.23. The molecule has 0 aliphatic carbocycles. The van der Waals surface area contributed by atoms with Crippen molar-refractivity contribution >= 4 is 31.9 Å². The second kappa shape index (κ2) is 5.74. The van der Waals surface area contributed by atoms with E-state index in [-0.39, 0.29) is 18.2 Å². The molecule has 1 saturated heterocycles. The Labute approximate surface area is 129 Å². The Morgan fingerprint density at radius 3 is 2.87 bits per heavy atom. The predicted molar refractivity (Wildman–Crippen MR) is 75.5 cm³/mol. The van der Waals surface area contributed by atoms with Gasteiger partial charge < -0.3 is 25.4 Å². The zero-order valence-corrected chi connectivity index (χ0v) is 12.5. The number of hydrogen-bond acceptors (Lipinski definition) is 9. The van der Waals surface area contributed by atoms with E-state index < -0.39 is 44.8 Å². The van der Waals surface area contributed by atoms with Crippen molar-refractivity contribution in [1.82, 2.24) is 4.90 Å². The molecule has 1 fully saturated rings. The van der Waals surface area contributed by atoms with Crippen molar-refractivity contribution in [3.05, 3.63) is 0 Å². The number of nitrogens with two attached hydrogens (primary N) is 1. The van der Waals surface area contributed by atoms with Crippen LogP contribution in [0, 0.1) is 0 Å². The highest BCUT2D eigenvalue weighted by Gasteiger charge is 2.46. The Morgan fingerprint density at radius 2 is 2.22 bits per heavy atom. The van der Waals surface area contributed by atoms with Gasteiger partial charge in [0.05, 0.1) is 12.9 Å². The van der Waals surface area contributed by atoms with Crippen molar-refractivity contribution in [2.75, 3.05) is 6.61 Å². The van der Waals surface area contributed by atoms with Crippen LogP contribution < -0.4 is 5.73 Å². The van der Waals surface area contributed by atoms with E-state index in [4.69, 9.17) is 20.3 Å². The summed E-state index contributed by atoms with van der Waals surface area (Å²) in [6, 6.07) is -0.916. The van der Waals surface area contributed by atoms with E-state index >= 15 is 0 Å². The van der Waals surface area contributed by atoms with E-state index in [1.807, 2.05) is 0 Å². The molecule has 12 nitrogen and oxygen atoms in total. The summed E-state index contributed by atoms with van der Waals surface area (Å²) in [7, 11) is -4.74. The molecule has 0 aromatic carbocycles. The fraction of sp³-hybridized carbons (Fsp3) is 0.600. The first kappa shape index (κ1) is 16.2. The van der Waals surface area contributed by atoms with E-state index in [0.29, 0.717) is 0 Å². The third kappa shape index (κ3) is 3.17. The van der Waals surface area contributed by atoms with Gasteiger partial charge >= 0.3 is 7.82 Å². The Morgan fingerprint density at radius 1 is 1.48 bits per heavy atom. The number of carbonyl (C=O) groups excluding carboxylic acids is 1. The molecule has 0 bridgehead atoms. The highest BCUT2D eigenvalue weighted by atomic mass is 31.2. The molecule has 4 atom stereocenters. The summed E-state index contributed by atoms with van der Waals surface area (Å²) in [5.41, 5.74) is 5.46. The fourth-order valence-corrected chi connectivity index (χ4v) is 3.13. The van der Waals surface area contributed by atoms with Gasteiger partial charge in [0.2, 0.25) is 5.96 Å². The minimum absolute atomic E-state index is 0.0271. The van der Waals surface area contributed by atoms with Crippen LogP contribution in [0.1, 0.15) is 6.42 Å². The molecule has 3 rings (SSSR count). The maximum atomic E-state index is 11.7. The summed E-state index contributed by atoms with van der Waals surface area (Å²) in [6.45, 7) is -0.495. The van der Waals surface area contributed by atoms with Crippen molar-refractivity contribution in [2.24, 2.45) is 20.7 Å². The molecule has 13 heteroatoms. The van der Waals surface area contributed by atoms with Crippen LogP contribution >= 0.6 is 7.82 Å². The molecular weight excluding hydrogens is 333 g/mol. The largest absolute Gasteiger partial charge is 0.469 e. The molecule has 0 spiro atoms. The maximum absolute atomic E-state index is 11.7. The molecule has 126 valence electrons. The fourth-order valence-electron chi connectivity index (χ4n) is 2.56. The quantitative estimate of drug-likeness (QED) is 0.401. The molecule has 0 aromatic rings. The van der Waals surface area contributed by atoms with Crippen LogP contribution in [0.4, 0.5) is 0 Å². The van der Waals surface area contributed by atoms with Gasteiger partial charge in [0.25, 0.3) is 5.91 Å². The number of amides is 1. The normalized spacial score (nSPS) is 33.7. The Bertz CT molecular complexity index is 658. The van der Waals surface area contributed by atoms with Crippen molar-refractivity contribution in [3.63, 3.8) is 0 Å². The van der Waals surface area contributed by atoms with Crippen molar-refractivity contribution in [2.45, 2.75) is 30.9 Å². The van der Waals surface area contributed by atoms with Gasteiger partial charge in [-0.05, 0) is 0 Å². The van der Waals surface area contributed by atoms with Gasteiger partial charge in [-0.1, -0.05) is 0 Å². The number of nitrogens with zero attached hydrogens (tertiary/aromatic N) is 4. The topological polar surface area (TPSA) is 180 Å². The molecule has 5 N–H and O–H groups in total. The van der Waals surface area contributed by atoms with Crippen molar-refractivity contribution in [1.29, 1.82) is 0 Å². The number of fused-ring (bicyclic) bond motifs is 1. The molecule has 3 heterocycles.